The standard InChI is InChI=1S/C25H36N2O3S/c1-4-12-24(13-7-14-24)22(28)26-31(3,30)20-10-17-27(18-11-20)23(29)25(15-16-25)21-9-6-5-8-19(21)2/h5-6,8-9,20H,4,7,10-18H2,1-3H3. The highest BCUT2D eigenvalue weighted by Crippen LogP contribution is 2.51. The van der Waals surface area contributed by atoms with Crippen LogP contribution in [0.4, 0.5) is 0 Å². The summed E-state index contributed by atoms with van der Waals surface area (Å²) in [4.78, 5) is 28.2. The van der Waals surface area contributed by atoms with Gasteiger partial charge in [0.15, 0.2) is 0 Å². The number of rotatable bonds is 6. The van der Waals surface area contributed by atoms with Crippen molar-refractivity contribution in [2.45, 2.75) is 82.3 Å². The zero-order valence-electron chi connectivity index (χ0n) is 19.2. The van der Waals surface area contributed by atoms with Crippen molar-refractivity contribution in [1.82, 2.24) is 4.90 Å². The van der Waals surface area contributed by atoms with Gasteiger partial charge in [0.1, 0.15) is 0 Å². The third kappa shape index (κ3) is 4.08. The normalized spacial score (nSPS) is 24.0. The molecule has 0 aromatic heterocycles. The van der Waals surface area contributed by atoms with E-state index in [1.54, 1.807) is 6.26 Å². The number of carbonyl (C=O) groups excluding carboxylic acids is 2. The van der Waals surface area contributed by atoms with Gasteiger partial charge >= 0.3 is 0 Å². The molecule has 0 N–H and O–H groups in total. The first-order valence-corrected chi connectivity index (χ1v) is 13.8. The van der Waals surface area contributed by atoms with Crippen LogP contribution in [0.25, 0.3) is 0 Å². The van der Waals surface area contributed by atoms with Crippen LogP contribution in [0.3, 0.4) is 0 Å². The Morgan fingerprint density at radius 2 is 1.77 bits per heavy atom. The zero-order valence-corrected chi connectivity index (χ0v) is 20.0. The van der Waals surface area contributed by atoms with Crippen molar-refractivity contribution in [2.24, 2.45) is 9.78 Å². The predicted octanol–water partition coefficient (Wildman–Crippen LogP) is 4.61. The Labute approximate surface area is 187 Å². The van der Waals surface area contributed by atoms with Crippen LogP contribution < -0.4 is 0 Å². The molecule has 1 aromatic carbocycles. The van der Waals surface area contributed by atoms with Crippen LogP contribution in [-0.2, 0) is 24.7 Å². The third-order valence-corrected chi connectivity index (χ3v) is 10.2. The fourth-order valence-electron chi connectivity index (χ4n) is 5.62. The molecule has 1 aromatic rings. The first-order chi connectivity index (χ1) is 14.7. The van der Waals surface area contributed by atoms with Gasteiger partial charge in [-0.2, -0.15) is 4.36 Å². The second-order valence-corrected chi connectivity index (χ2v) is 12.6. The molecule has 4 rings (SSSR count). The number of benzene rings is 1. The van der Waals surface area contributed by atoms with E-state index < -0.39 is 9.73 Å². The maximum atomic E-state index is 13.4. The van der Waals surface area contributed by atoms with Crippen LogP contribution >= 0.6 is 0 Å². The van der Waals surface area contributed by atoms with Crippen molar-refractivity contribution in [3.8, 4) is 0 Å². The van der Waals surface area contributed by atoms with E-state index in [0.29, 0.717) is 25.9 Å². The molecule has 31 heavy (non-hydrogen) atoms. The van der Waals surface area contributed by atoms with Gasteiger partial charge in [0, 0.05) is 24.6 Å². The minimum atomic E-state index is -2.60. The first-order valence-electron chi connectivity index (χ1n) is 11.8. The molecule has 2 amide bonds. The maximum absolute atomic E-state index is 13.4. The maximum Gasteiger partial charge on any atom is 0.259 e. The highest BCUT2D eigenvalue weighted by Gasteiger charge is 2.54. The average Bonchev–Trinajstić information content (AvgIpc) is 3.52. The van der Waals surface area contributed by atoms with Gasteiger partial charge in [-0.25, -0.2) is 4.21 Å². The Morgan fingerprint density at radius 1 is 1.13 bits per heavy atom. The first kappa shape index (κ1) is 22.5. The lowest BCUT2D eigenvalue weighted by Crippen LogP contribution is -2.46. The summed E-state index contributed by atoms with van der Waals surface area (Å²) in [5, 5.41) is -0.118. The van der Waals surface area contributed by atoms with E-state index in [-0.39, 0.29) is 27.9 Å². The third-order valence-electron chi connectivity index (χ3n) is 7.92. The number of carbonyl (C=O) groups is 2. The van der Waals surface area contributed by atoms with Crippen LogP contribution in [0.1, 0.15) is 75.8 Å². The zero-order chi connectivity index (χ0) is 22.3. The van der Waals surface area contributed by atoms with Gasteiger partial charge in [0.25, 0.3) is 5.91 Å². The number of hydrogen-bond acceptors (Lipinski definition) is 3. The molecule has 3 aliphatic rings. The molecule has 170 valence electrons. The summed E-state index contributed by atoms with van der Waals surface area (Å²) in [6.07, 6.45) is 9.41. The lowest BCUT2D eigenvalue weighted by atomic mass is 9.66. The highest BCUT2D eigenvalue weighted by atomic mass is 32.2. The van der Waals surface area contributed by atoms with Crippen molar-refractivity contribution in [3.63, 3.8) is 0 Å². The molecule has 3 fully saturated rings. The van der Waals surface area contributed by atoms with Gasteiger partial charge in [-0.15, -0.1) is 0 Å². The Bertz CT molecular complexity index is 976. The predicted molar refractivity (Wildman–Crippen MR) is 124 cm³/mol. The largest absolute Gasteiger partial charge is 0.342 e. The van der Waals surface area contributed by atoms with Gasteiger partial charge in [-0.1, -0.05) is 44.0 Å². The molecule has 1 atom stereocenters. The summed E-state index contributed by atoms with van der Waals surface area (Å²) in [6.45, 7) is 5.37. The van der Waals surface area contributed by atoms with Crippen LogP contribution in [0.5, 0.6) is 0 Å². The number of aryl methyl sites for hydroxylation is 1. The number of amides is 2. The Hall–Kier alpha value is -1.69. The van der Waals surface area contributed by atoms with Crippen LogP contribution in [0.15, 0.2) is 28.6 Å². The molecule has 1 saturated heterocycles. The lowest BCUT2D eigenvalue weighted by Gasteiger charge is -2.39. The number of nitrogens with zero attached hydrogens (tertiary/aromatic N) is 2. The molecule has 6 heteroatoms. The molecule has 1 heterocycles. The molecular weight excluding hydrogens is 408 g/mol. The average molecular weight is 445 g/mol. The summed E-state index contributed by atoms with van der Waals surface area (Å²) < 4.78 is 17.7. The molecule has 1 aliphatic heterocycles. The quantitative estimate of drug-likeness (QED) is 0.643. The fourth-order valence-corrected chi connectivity index (χ4v) is 7.38. The van der Waals surface area contributed by atoms with Crippen molar-refractivity contribution < 1.29 is 13.8 Å². The number of likely N-dealkylation sites (tertiary alicyclic amines) is 1. The molecule has 0 radical (unpaired) electrons. The molecule has 0 bridgehead atoms. The van der Waals surface area contributed by atoms with E-state index in [2.05, 4.69) is 30.3 Å². The van der Waals surface area contributed by atoms with E-state index in [0.717, 1.165) is 50.5 Å². The lowest BCUT2D eigenvalue weighted by molar-refractivity contribution is -0.135. The topological polar surface area (TPSA) is 66.8 Å². The monoisotopic (exact) mass is 444 g/mol. The number of piperidine rings is 1. The molecule has 5 nitrogen and oxygen atoms in total. The minimum absolute atomic E-state index is 0.118. The van der Waals surface area contributed by atoms with Crippen molar-refractivity contribution in [1.29, 1.82) is 0 Å². The summed E-state index contributed by atoms with van der Waals surface area (Å²) in [5.74, 6) is 0.0790. The molecular formula is C25H36N2O3S. The SMILES string of the molecule is CCCC1(C(=O)N=S(C)(=O)C2CCN(C(=O)C3(c4ccccc4C)CC3)CC2)CCC1. The summed E-state index contributed by atoms with van der Waals surface area (Å²) >= 11 is 0. The summed E-state index contributed by atoms with van der Waals surface area (Å²) in [6, 6.07) is 8.19. The van der Waals surface area contributed by atoms with Gasteiger partial charge in [0.2, 0.25) is 5.91 Å². The van der Waals surface area contributed by atoms with Gasteiger partial charge in [-0.05, 0) is 63.0 Å². The van der Waals surface area contributed by atoms with Crippen LogP contribution in [0, 0.1) is 12.3 Å². The molecule has 2 saturated carbocycles. The van der Waals surface area contributed by atoms with E-state index in [9.17, 15) is 13.8 Å². The van der Waals surface area contributed by atoms with Crippen LogP contribution in [0.2, 0.25) is 0 Å². The van der Waals surface area contributed by atoms with Gasteiger partial charge in [0.05, 0.1) is 20.6 Å². The Morgan fingerprint density at radius 3 is 2.29 bits per heavy atom. The summed E-state index contributed by atoms with van der Waals surface area (Å²) in [7, 11) is -2.60. The molecule has 1 unspecified atom stereocenters. The van der Waals surface area contributed by atoms with Crippen molar-refractivity contribution >= 4 is 21.5 Å². The van der Waals surface area contributed by atoms with Crippen LogP contribution in [-0.4, -0.2) is 45.5 Å². The van der Waals surface area contributed by atoms with E-state index in [1.807, 2.05) is 17.0 Å². The molecule has 0 spiro atoms. The Kier molecular flexibility index (Phi) is 6.06. The van der Waals surface area contributed by atoms with Crippen molar-refractivity contribution in [3.05, 3.63) is 35.4 Å². The minimum Gasteiger partial charge on any atom is -0.342 e. The molecule has 2 aliphatic carbocycles. The fraction of sp³-hybridized carbons (Fsp3) is 0.680. The van der Waals surface area contributed by atoms with Gasteiger partial charge < -0.3 is 4.90 Å². The van der Waals surface area contributed by atoms with E-state index in [4.69, 9.17) is 0 Å². The Balaban J connectivity index is 1.43. The smallest absolute Gasteiger partial charge is 0.259 e. The second-order valence-electron chi connectivity index (χ2n) is 10.0. The van der Waals surface area contributed by atoms with E-state index in [1.165, 1.54) is 5.56 Å². The van der Waals surface area contributed by atoms with Crippen molar-refractivity contribution in [2.75, 3.05) is 19.3 Å². The number of hydrogen-bond donors (Lipinski definition) is 0. The van der Waals surface area contributed by atoms with E-state index >= 15 is 0 Å². The summed E-state index contributed by atoms with van der Waals surface area (Å²) in [5.41, 5.74) is 1.62. The van der Waals surface area contributed by atoms with Gasteiger partial charge in [-0.3, -0.25) is 9.59 Å². The second kappa shape index (κ2) is 8.34. The highest BCUT2D eigenvalue weighted by molar-refractivity contribution is 7.93.